The molecule has 1 aliphatic rings. The van der Waals surface area contributed by atoms with Crippen LogP contribution in [0.15, 0.2) is 48.7 Å². The van der Waals surface area contributed by atoms with Crippen molar-refractivity contribution in [3.63, 3.8) is 0 Å². The van der Waals surface area contributed by atoms with Crippen molar-refractivity contribution >= 4 is 17.4 Å². The lowest BCUT2D eigenvalue weighted by Crippen LogP contribution is -2.48. The van der Waals surface area contributed by atoms with Crippen molar-refractivity contribution in [2.75, 3.05) is 29.9 Å². The van der Waals surface area contributed by atoms with Crippen LogP contribution in [0.4, 0.5) is 11.5 Å². The Morgan fingerprint density at radius 1 is 1.26 bits per heavy atom. The van der Waals surface area contributed by atoms with Crippen molar-refractivity contribution in [1.29, 1.82) is 0 Å². The predicted molar refractivity (Wildman–Crippen MR) is 92.6 cm³/mol. The van der Waals surface area contributed by atoms with Crippen molar-refractivity contribution < 1.29 is 4.79 Å². The zero-order chi connectivity index (χ0) is 16.1. The molecule has 1 fully saturated rings. The molecule has 120 valence electrons. The second kappa shape index (κ2) is 7.13. The number of rotatable bonds is 5. The SMILES string of the molecule is CC[C@H](Nc1ccc(N2CCNC(=O)C2)nc1)c1ccccc1. The van der Waals surface area contributed by atoms with Gasteiger partial charge in [-0.25, -0.2) is 4.98 Å². The molecule has 1 saturated heterocycles. The van der Waals surface area contributed by atoms with Crippen LogP contribution in [0.3, 0.4) is 0 Å². The number of carbonyl (C=O) groups excluding carboxylic acids is 1. The Hall–Kier alpha value is -2.56. The van der Waals surface area contributed by atoms with Crippen molar-refractivity contribution in [2.45, 2.75) is 19.4 Å². The number of hydrogen-bond donors (Lipinski definition) is 2. The molecule has 1 aromatic heterocycles. The van der Waals surface area contributed by atoms with E-state index < -0.39 is 0 Å². The first-order chi connectivity index (χ1) is 11.3. The van der Waals surface area contributed by atoms with E-state index in [1.165, 1.54) is 5.56 Å². The maximum absolute atomic E-state index is 11.5. The number of pyridine rings is 1. The molecule has 2 aromatic rings. The van der Waals surface area contributed by atoms with E-state index in [0.29, 0.717) is 13.1 Å². The number of nitrogens with one attached hydrogen (secondary N) is 2. The first-order valence-electron chi connectivity index (χ1n) is 8.05. The Bertz CT molecular complexity index is 642. The summed E-state index contributed by atoms with van der Waals surface area (Å²) in [4.78, 5) is 18.0. The normalized spacial score (nSPS) is 15.9. The number of nitrogens with zero attached hydrogens (tertiary/aromatic N) is 2. The molecule has 0 bridgehead atoms. The number of piperazine rings is 1. The zero-order valence-corrected chi connectivity index (χ0v) is 13.3. The Kier molecular flexibility index (Phi) is 4.76. The number of benzene rings is 1. The third kappa shape index (κ3) is 3.80. The molecule has 1 aliphatic heterocycles. The van der Waals surface area contributed by atoms with Crippen LogP contribution >= 0.6 is 0 Å². The van der Waals surface area contributed by atoms with Gasteiger partial charge >= 0.3 is 0 Å². The molecule has 0 saturated carbocycles. The number of anilines is 2. The number of hydrogen-bond acceptors (Lipinski definition) is 4. The second-order valence-corrected chi connectivity index (χ2v) is 5.69. The summed E-state index contributed by atoms with van der Waals surface area (Å²) in [6.07, 6.45) is 2.84. The summed E-state index contributed by atoms with van der Waals surface area (Å²) in [5.74, 6) is 0.897. The lowest BCUT2D eigenvalue weighted by Gasteiger charge is -2.27. The molecule has 1 atom stereocenters. The van der Waals surface area contributed by atoms with E-state index in [-0.39, 0.29) is 11.9 Å². The van der Waals surface area contributed by atoms with Crippen LogP contribution in [0.2, 0.25) is 0 Å². The maximum Gasteiger partial charge on any atom is 0.239 e. The standard InChI is InChI=1S/C18H22N4O/c1-2-16(14-6-4-3-5-7-14)21-15-8-9-17(20-12-15)22-11-10-19-18(23)13-22/h3-9,12,16,21H,2,10-11,13H2,1H3,(H,19,23)/t16-/m0/s1. The van der Waals surface area contributed by atoms with Crippen LogP contribution in [0.25, 0.3) is 0 Å². The fraction of sp³-hybridized carbons (Fsp3) is 0.333. The minimum absolute atomic E-state index is 0.0513. The van der Waals surface area contributed by atoms with Gasteiger partial charge in [-0.2, -0.15) is 0 Å². The summed E-state index contributed by atoms with van der Waals surface area (Å²) in [7, 11) is 0. The third-order valence-corrected chi connectivity index (χ3v) is 4.06. The lowest BCUT2D eigenvalue weighted by atomic mass is 10.0. The summed E-state index contributed by atoms with van der Waals surface area (Å²) < 4.78 is 0. The Morgan fingerprint density at radius 3 is 2.74 bits per heavy atom. The Labute approximate surface area is 136 Å². The van der Waals surface area contributed by atoms with Crippen molar-refractivity contribution in [3.8, 4) is 0 Å². The van der Waals surface area contributed by atoms with Gasteiger partial charge in [0.1, 0.15) is 5.82 Å². The first kappa shape index (κ1) is 15.3. The molecule has 0 unspecified atom stereocenters. The molecule has 3 rings (SSSR count). The highest BCUT2D eigenvalue weighted by Crippen LogP contribution is 2.23. The van der Waals surface area contributed by atoms with E-state index >= 15 is 0 Å². The summed E-state index contributed by atoms with van der Waals surface area (Å²) in [5, 5.41) is 6.35. The van der Waals surface area contributed by atoms with E-state index in [9.17, 15) is 4.79 Å². The molecule has 1 amide bonds. The quantitative estimate of drug-likeness (QED) is 0.891. The van der Waals surface area contributed by atoms with Gasteiger partial charge in [-0.15, -0.1) is 0 Å². The molecule has 0 radical (unpaired) electrons. The van der Waals surface area contributed by atoms with Gasteiger partial charge in [0.15, 0.2) is 0 Å². The summed E-state index contributed by atoms with van der Waals surface area (Å²) >= 11 is 0. The number of amides is 1. The van der Waals surface area contributed by atoms with Crippen molar-refractivity contribution in [3.05, 3.63) is 54.2 Å². The van der Waals surface area contributed by atoms with E-state index in [2.05, 4.69) is 46.8 Å². The first-order valence-corrected chi connectivity index (χ1v) is 8.05. The zero-order valence-electron chi connectivity index (χ0n) is 13.3. The molecule has 1 aromatic carbocycles. The molecule has 5 nitrogen and oxygen atoms in total. The van der Waals surface area contributed by atoms with Gasteiger partial charge in [-0.05, 0) is 24.1 Å². The highest BCUT2D eigenvalue weighted by Gasteiger charge is 2.17. The molecule has 2 N–H and O–H groups in total. The summed E-state index contributed by atoms with van der Waals surface area (Å²) in [6, 6.07) is 14.7. The number of aromatic nitrogens is 1. The monoisotopic (exact) mass is 310 g/mol. The second-order valence-electron chi connectivity index (χ2n) is 5.69. The van der Waals surface area contributed by atoms with Gasteiger partial charge in [0.25, 0.3) is 0 Å². The van der Waals surface area contributed by atoms with Crippen molar-refractivity contribution in [2.24, 2.45) is 0 Å². The highest BCUT2D eigenvalue weighted by molar-refractivity contribution is 5.82. The van der Waals surface area contributed by atoms with E-state index in [0.717, 1.165) is 24.5 Å². The average Bonchev–Trinajstić information content (AvgIpc) is 2.61. The number of carbonyl (C=O) groups is 1. The molecular formula is C18H22N4O. The smallest absolute Gasteiger partial charge is 0.239 e. The molecule has 23 heavy (non-hydrogen) atoms. The minimum Gasteiger partial charge on any atom is -0.377 e. The Balaban J connectivity index is 1.68. The van der Waals surface area contributed by atoms with Crippen LogP contribution in [0, 0.1) is 0 Å². The fourth-order valence-corrected chi connectivity index (χ4v) is 2.80. The third-order valence-electron chi connectivity index (χ3n) is 4.06. The Morgan fingerprint density at radius 2 is 2.09 bits per heavy atom. The summed E-state index contributed by atoms with van der Waals surface area (Å²) in [6.45, 7) is 4.01. The maximum atomic E-state index is 11.5. The van der Waals surface area contributed by atoms with E-state index in [1.807, 2.05) is 29.3 Å². The van der Waals surface area contributed by atoms with Gasteiger partial charge in [-0.3, -0.25) is 4.79 Å². The summed E-state index contributed by atoms with van der Waals surface area (Å²) in [5.41, 5.74) is 2.26. The van der Waals surface area contributed by atoms with Crippen LogP contribution in [-0.2, 0) is 4.79 Å². The van der Waals surface area contributed by atoms with Crippen LogP contribution in [-0.4, -0.2) is 30.5 Å². The van der Waals surface area contributed by atoms with E-state index in [1.54, 1.807) is 0 Å². The predicted octanol–water partition coefficient (Wildman–Crippen LogP) is 2.58. The molecule has 0 spiro atoms. The molecule has 2 heterocycles. The van der Waals surface area contributed by atoms with E-state index in [4.69, 9.17) is 0 Å². The van der Waals surface area contributed by atoms with Gasteiger partial charge in [0.05, 0.1) is 24.5 Å². The van der Waals surface area contributed by atoms with Gasteiger partial charge in [0.2, 0.25) is 5.91 Å². The van der Waals surface area contributed by atoms with Crippen LogP contribution in [0.5, 0.6) is 0 Å². The largest absolute Gasteiger partial charge is 0.377 e. The van der Waals surface area contributed by atoms with Gasteiger partial charge in [0, 0.05) is 13.1 Å². The molecule has 0 aliphatic carbocycles. The van der Waals surface area contributed by atoms with Gasteiger partial charge in [-0.1, -0.05) is 37.3 Å². The molecule has 5 heteroatoms. The van der Waals surface area contributed by atoms with Crippen molar-refractivity contribution in [1.82, 2.24) is 10.3 Å². The average molecular weight is 310 g/mol. The highest BCUT2D eigenvalue weighted by atomic mass is 16.2. The minimum atomic E-state index is 0.0513. The lowest BCUT2D eigenvalue weighted by molar-refractivity contribution is -0.120. The topological polar surface area (TPSA) is 57.3 Å². The molecular weight excluding hydrogens is 288 g/mol. The van der Waals surface area contributed by atoms with Crippen LogP contribution < -0.4 is 15.5 Å². The van der Waals surface area contributed by atoms with Crippen LogP contribution in [0.1, 0.15) is 24.9 Å². The van der Waals surface area contributed by atoms with Gasteiger partial charge < -0.3 is 15.5 Å². The fourth-order valence-electron chi connectivity index (χ4n) is 2.80.